The third kappa shape index (κ3) is 1.04. The van der Waals surface area contributed by atoms with Crippen LogP contribution in [0.3, 0.4) is 0 Å². The highest BCUT2D eigenvalue weighted by Crippen LogP contribution is 2.27. The number of hydrogen-bond donors (Lipinski definition) is 1. The lowest BCUT2D eigenvalue weighted by molar-refractivity contribution is 0.563. The molecule has 0 unspecified atom stereocenters. The zero-order valence-corrected chi connectivity index (χ0v) is 6.58. The van der Waals surface area contributed by atoms with Gasteiger partial charge in [-0.3, -0.25) is 0 Å². The molecule has 0 spiro atoms. The molecule has 2 heterocycles. The highest BCUT2D eigenvalue weighted by Gasteiger charge is 2.12. The van der Waals surface area contributed by atoms with E-state index < -0.39 is 0 Å². The quantitative estimate of drug-likeness (QED) is 0.730. The Morgan fingerprint density at radius 3 is 2.75 bits per heavy atom. The molecule has 2 rings (SSSR count). The third-order valence-electron chi connectivity index (χ3n) is 1.29. The summed E-state index contributed by atoms with van der Waals surface area (Å²) in [6.07, 6.45) is 1.43. The Kier molecular flexibility index (Phi) is 1.51. The van der Waals surface area contributed by atoms with Gasteiger partial charge in [0.05, 0.1) is 11.8 Å². The van der Waals surface area contributed by atoms with Crippen LogP contribution in [0.2, 0.25) is 5.22 Å². The monoisotopic (exact) mass is 185 g/mol. The Morgan fingerprint density at radius 2 is 2.25 bits per heavy atom. The van der Waals surface area contributed by atoms with Crippen molar-refractivity contribution in [3.63, 3.8) is 0 Å². The number of nitrogens with two attached hydrogens (primary N) is 1. The summed E-state index contributed by atoms with van der Waals surface area (Å²) >= 11 is 5.65. The number of rotatable bonds is 1. The highest BCUT2D eigenvalue weighted by atomic mass is 35.5. The average Bonchev–Trinajstić information content (AvgIpc) is 2.58. The van der Waals surface area contributed by atoms with Crippen LogP contribution in [0, 0.1) is 0 Å². The summed E-state index contributed by atoms with van der Waals surface area (Å²) in [7, 11) is 0. The van der Waals surface area contributed by atoms with E-state index in [0.29, 0.717) is 5.56 Å². The van der Waals surface area contributed by atoms with Crippen LogP contribution < -0.4 is 5.73 Å². The van der Waals surface area contributed by atoms with Crippen LogP contribution in [0.15, 0.2) is 21.2 Å². The lowest BCUT2D eigenvalue weighted by atomic mass is 10.3. The maximum Gasteiger partial charge on any atom is 0.313 e. The van der Waals surface area contributed by atoms with Gasteiger partial charge in [-0.25, -0.2) is 0 Å². The van der Waals surface area contributed by atoms with Gasteiger partial charge in [-0.05, 0) is 17.7 Å². The molecule has 0 bridgehead atoms. The largest absolute Gasteiger partial charge is 0.452 e. The first-order valence-electron chi connectivity index (χ1n) is 3.09. The van der Waals surface area contributed by atoms with E-state index in [1.807, 2.05) is 0 Å². The molecule has 2 N–H and O–H groups in total. The van der Waals surface area contributed by atoms with E-state index in [4.69, 9.17) is 26.2 Å². The van der Waals surface area contributed by atoms with Gasteiger partial charge in [0.25, 0.3) is 5.89 Å². The van der Waals surface area contributed by atoms with Crippen molar-refractivity contribution in [1.82, 2.24) is 10.2 Å². The summed E-state index contributed by atoms with van der Waals surface area (Å²) in [5.41, 5.74) is 5.76. The molecule has 0 aliphatic rings. The molecule has 5 nitrogen and oxygen atoms in total. The average molecular weight is 186 g/mol. The second kappa shape index (κ2) is 2.53. The smallest absolute Gasteiger partial charge is 0.313 e. The number of halogens is 1. The predicted octanol–water partition coefficient (Wildman–Crippen LogP) is 1.57. The summed E-state index contributed by atoms with van der Waals surface area (Å²) in [5.74, 6) is 0.256. The zero-order valence-electron chi connectivity index (χ0n) is 5.82. The van der Waals surface area contributed by atoms with E-state index in [1.54, 1.807) is 6.07 Å². The van der Waals surface area contributed by atoms with Gasteiger partial charge in [-0.1, -0.05) is 5.10 Å². The first kappa shape index (κ1) is 7.17. The standard InChI is InChI=1S/C6H4ClN3O2/c7-4-3(1-2-11-4)5-9-10-6(8)12-5/h1-2H,(H2,8,10). The molecule has 2 aromatic heterocycles. The van der Waals surface area contributed by atoms with E-state index in [-0.39, 0.29) is 17.1 Å². The number of nitrogens with zero attached hydrogens (tertiary/aromatic N) is 2. The summed E-state index contributed by atoms with van der Waals surface area (Å²) in [6.45, 7) is 0. The normalized spacial score (nSPS) is 10.4. The second-order valence-electron chi connectivity index (χ2n) is 2.05. The lowest BCUT2D eigenvalue weighted by Gasteiger charge is -1.85. The Morgan fingerprint density at radius 1 is 1.42 bits per heavy atom. The minimum atomic E-state index is 0.00210. The molecular weight excluding hydrogens is 182 g/mol. The Hall–Kier alpha value is -1.49. The summed E-state index contributed by atoms with van der Waals surface area (Å²) in [4.78, 5) is 0. The molecule has 0 radical (unpaired) electrons. The van der Waals surface area contributed by atoms with Gasteiger partial charge in [-0.2, -0.15) is 0 Å². The van der Waals surface area contributed by atoms with Crippen LogP contribution >= 0.6 is 11.6 Å². The first-order chi connectivity index (χ1) is 5.77. The Balaban J connectivity index is 2.50. The van der Waals surface area contributed by atoms with Crippen molar-refractivity contribution in [3.8, 4) is 11.5 Å². The van der Waals surface area contributed by atoms with E-state index in [2.05, 4.69) is 10.2 Å². The molecule has 0 aliphatic heterocycles. The molecule has 0 aromatic carbocycles. The number of anilines is 1. The maximum atomic E-state index is 5.65. The van der Waals surface area contributed by atoms with Crippen molar-refractivity contribution in [3.05, 3.63) is 17.5 Å². The fraction of sp³-hybridized carbons (Fsp3) is 0. The van der Waals surface area contributed by atoms with Gasteiger partial charge in [-0.15, -0.1) is 5.10 Å². The Bertz CT molecular complexity index is 395. The van der Waals surface area contributed by atoms with Crippen molar-refractivity contribution in [1.29, 1.82) is 0 Å². The Labute approximate surface area is 72.1 Å². The second-order valence-corrected chi connectivity index (χ2v) is 2.40. The minimum Gasteiger partial charge on any atom is -0.452 e. The number of nitrogen functional groups attached to an aromatic ring is 1. The molecule has 0 aliphatic carbocycles. The number of aromatic nitrogens is 2. The molecule has 0 fully saturated rings. The fourth-order valence-corrected chi connectivity index (χ4v) is 0.985. The summed E-state index contributed by atoms with van der Waals surface area (Å²) < 4.78 is 9.74. The highest BCUT2D eigenvalue weighted by molar-refractivity contribution is 6.31. The molecule has 12 heavy (non-hydrogen) atoms. The van der Waals surface area contributed by atoms with Crippen molar-refractivity contribution < 1.29 is 8.83 Å². The van der Waals surface area contributed by atoms with Crippen LogP contribution in [0.4, 0.5) is 6.01 Å². The van der Waals surface area contributed by atoms with E-state index in [1.165, 1.54) is 6.26 Å². The van der Waals surface area contributed by atoms with Gasteiger partial charge in [0.1, 0.15) is 0 Å². The van der Waals surface area contributed by atoms with Crippen LogP contribution in [0.5, 0.6) is 0 Å². The molecule has 0 amide bonds. The van der Waals surface area contributed by atoms with Gasteiger partial charge >= 0.3 is 6.01 Å². The summed E-state index contributed by atoms with van der Waals surface area (Å²) in [5, 5.41) is 7.31. The summed E-state index contributed by atoms with van der Waals surface area (Å²) in [6, 6.07) is 1.62. The van der Waals surface area contributed by atoms with E-state index in [9.17, 15) is 0 Å². The van der Waals surface area contributed by atoms with Crippen LogP contribution in [0.25, 0.3) is 11.5 Å². The zero-order chi connectivity index (χ0) is 8.55. The maximum absolute atomic E-state index is 5.65. The molecule has 6 heteroatoms. The van der Waals surface area contributed by atoms with Crippen molar-refractivity contribution >= 4 is 17.6 Å². The molecule has 0 atom stereocenters. The van der Waals surface area contributed by atoms with Crippen molar-refractivity contribution in [2.24, 2.45) is 0 Å². The molecule has 2 aromatic rings. The van der Waals surface area contributed by atoms with E-state index >= 15 is 0 Å². The third-order valence-corrected chi connectivity index (χ3v) is 1.58. The number of hydrogen-bond acceptors (Lipinski definition) is 5. The minimum absolute atomic E-state index is 0.00210. The van der Waals surface area contributed by atoms with Gasteiger partial charge in [0.15, 0.2) is 0 Å². The number of furan rings is 1. The topological polar surface area (TPSA) is 78.1 Å². The van der Waals surface area contributed by atoms with Crippen LogP contribution in [-0.4, -0.2) is 10.2 Å². The van der Waals surface area contributed by atoms with Gasteiger partial charge < -0.3 is 14.6 Å². The molecule has 62 valence electrons. The first-order valence-corrected chi connectivity index (χ1v) is 3.47. The molecule has 0 saturated carbocycles. The van der Waals surface area contributed by atoms with Crippen molar-refractivity contribution in [2.75, 3.05) is 5.73 Å². The predicted molar refractivity (Wildman–Crippen MR) is 41.4 cm³/mol. The molecule has 0 saturated heterocycles. The fourth-order valence-electron chi connectivity index (χ4n) is 0.790. The SMILES string of the molecule is Nc1nnc(-c2ccoc2Cl)o1. The van der Waals surface area contributed by atoms with Gasteiger partial charge in [0, 0.05) is 0 Å². The van der Waals surface area contributed by atoms with Crippen LogP contribution in [0.1, 0.15) is 0 Å². The van der Waals surface area contributed by atoms with Crippen LogP contribution in [-0.2, 0) is 0 Å². The van der Waals surface area contributed by atoms with Gasteiger partial charge in [0.2, 0.25) is 5.22 Å². The lowest BCUT2D eigenvalue weighted by Crippen LogP contribution is -1.81. The molecular formula is C6H4ClN3O2. The van der Waals surface area contributed by atoms with Crippen molar-refractivity contribution in [2.45, 2.75) is 0 Å². The van der Waals surface area contributed by atoms with E-state index in [0.717, 1.165) is 0 Å².